The van der Waals surface area contributed by atoms with Gasteiger partial charge < -0.3 is 10.1 Å². The lowest BCUT2D eigenvalue weighted by Crippen LogP contribution is -2.45. The molecule has 1 fully saturated rings. The van der Waals surface area contributed by atoms with Crippen molar-refractivity contribution in [3.8, 4) is 5.69 Å². The quantitative estimate of drug-likeness (QED) is 0.488. The van der Waals surface area contributed by atoms with Crippen molar-refractivity contribution in [1.82, 2.24) is 20.1 Å². The highest BCUT2D eigenvalue weighted by molar-refractivity contribution is 7.99. The number of halogens is 1. The molecule has 1 aliphatic rings. The van der Waals surface area contributed by atoms with Crippen molar-refractivity contribution in [1.29, 1.82) is 0 Å². The fourth-order valence-corrected chi connectivity index (χ4v) is 5.28. The maximum absolute atomic E-state index is 12.8. The van der Waals surface area contributed by atoms with E-state index >= 15 is 0 Å². The number of thioether (sulfide) groups is 1. The van der Waals surface area contributed by atoms with E-state index in [0.717, 1.165) is 35.5 Å². The van der Waals surface area contributed by atoms with Crippen LogP contribution in [0.15, 0.2) is 47.6 Å². The van der Waals surface area contributed by atoms with Gasteiger partial charge in [0.05, 0.1) is 11.4 Å². The number of hydrogen-bond donors (Lipinski definition) is 1. The summed E-state index contributed by atoms with van der Waals surface area (Å²) in [6.07, 6.45) is 1.70. The minimum absolute atomic E-state index is 0.0268. The Bertz CT molecular complexity index is 1140. The van der Waals surface area contributed by atoms with Gasteiger partial charge in [0, 0.05) is 30.2 Å². The van der Waals surface area contributed by atoms with Crippen LogP contribution in [0.1, 0.15) is 35.4 Å². The second-order valence-electron chi connectivity index (χ2n) is 8.62. The van der Waals surface area contributed by atoms with Crippen LogP contribution in [-0.4, -0.2) is 46.2 Å². The molecular weight excluding hydrogens is 456 g/mol. The predicted octanol–water partition coefficient (Wildman–Crippen LogP) is 4.80. The molecule has 1 aromatic heterocycles. The average molecular weight is 485 g/mol. The van der Waals surface area contributed by atoms with Crippen LogP contribution >= 0.6 is 23.4 Å². The SMILES string of the molecule is Cc1ccc(C)c(-n2c(C)nnc2SCC(=O)NCC2(c3cccc(Cl)c3)CCOCC2)c1. The van der Waals surface area contributed by atoms with Gasteiger partial charge in [-0.05, 0) is 68.5 Å². The van der Waals surface area contributed by atoms with E-state index in [9.17, 15) is 4.79 Å². The number of ether oxygens (including phenoxy) is 1. The lowest BCUT2D eigenvalue weighted by atomic mass is 9.74. The fourth-order valence-electron chi connectivity index (χ4n) is 4.27. The number of aromatic nitrogens is 3. The molecule has 6 nitrogen and oxygen atoms in total. The van der Waals surface area contributed by atoms with E-state index in [0.29, 0.717) is 29.9 Å². The number of nitrogens with one attached hydrogen (secondary N) is 1. The largest absolute Gasteiger partial charge is 0.381 e. The third-order valence-corrected chi connectivity index (χ3v) is 7.41. The van der Waals surface area contributed by atoms with E-state index in [4.69, 9.17) is 16.3 Å². The highest BCUT2D eigenvalue weighted by Crippen LogP contribution is 2.35. The van der Waals surface area contributed by atoms with Gasteiger partial charge in [-0.3, -0.25) is 9.36 Å². The topological polar surface area (TPSA) is 69.0 Å². The van der Waals surface area contributed by atoms with Crippen molar-refractivity contribution >= 4 is 29.3 Å². The first-order valence-electron chi connectivity index (χ1n) is 11.1. The standard InChI is InChI=1S/C25H29ClN4O2S/c1-17-7-8-18(2)22(13-17)30-19(3)28-29-24(30)33-15-23(31)27-16-25(9-11-32-12-10-25)20-5-4-6-21(26)14-20/h4-8,13-14H,9-12,15-16H2,1-3H3,(H,27,31). The summed E-state index contributed by atoms with van der Waals surface area (Å²) in [6.45, 7) is 7.97. The second kappa shape index (κ2) is 10.3. The van der Waals surface area contributed by atoms with Crippen molar-refractivity contribution < 1.29 is 9.53 Å². The molecule has 2 aromatic carbocycles. The summed E-state index contributed by atoms with van der Waals surface area (Å²) in [5.74, 6) is 1.04. The van der Waals surface area contributed by atoms with Gasteiger partial charge >= 0.3 is 0 Å². The third kappa shape index (κ3) is 5.42. The maximum atomic E-state index is 12.8. The van der Waals surface area contributed by atoms with Crippen molar-refractivity contribution in [2.45, 2.75) is 44.2 Å². The highest BCUT2D eigenvalue weighted by Gasteiger charge is 2.35. The van der Waals surface area contributed by atoms with Crippen molar-refractivity contribution in [3.05, 3.63) is 70.0 Å². The zero-order chi connectivity index (χ0) is 23.4. The Labute approximate surface area is 204 Å². The van der Waals surface area contributed by atoms with Gasteiger partial charge in [0.25, 0.3) is 0 Å². The van der Waals surface area contributed by atoms with Crippen LogP contribution in [0.3, 0.4) is 0 Å². The highest BCUT2D eigenvalue weighted by atomic mass is 35.5. The van der Waals surface area contributed by atoms with Crippen LogP contribution in [0.5, 0.6) is 0 Å². The number of amides is 1. The summed E-state index contributed by atoms with van der Waals surface area (Å²) in [4.78, 5) is 12.8. The molecule has 0 saturated carbocycles. The van der Waals surface area contributed by atoms with Crippen LogP contribution in [-0.2, 0) is 14.9 Å². The second-order valence-corrected chi connectivity index (χ2v) is 10.0. The van der Waals surface area contributed by atoms with Gasteiger partial charge in [-0.25, -0.2) is 0 Å². The van der Waals surface area contributed by atoms with Crippen LogP contribution in [0, 0.1) is 20.8 Å². The van der Waals surface area contributed by atoms with Crippen molar-refractivity contribution in [2.24, 2.45) is 0 Å². The minimum Gasteiger partial charge on any atom is -0.381 e. The molecule has 1 N–H and O–H groups in total. The summed E-state index contributed by atoms with van der Waals surface area (Å²) in [5, 5.41) is 13.2. The number of carbonyl (C=O) groups is 1. The molecule has 0 spiro atoms. The van der Waals surface area contributed by atoms with E-state index in [-0.39, 0.29) is 17.1 Å². The molecule has 2 heterocycles. The number of nitrogens with zero attached hydrogens (tertiary/aromatic N) is 3. The summed E-state index contributed by atoms with van der Waals surface area (Å²) >= 11 is 7.66. The first-order chi connectivity index (χ1) is 15.9. The molecule has 3 aromatic rings. The van der Waals surface area contributed by atoms with Gasteiger partial charge in [-0.15, -0.1) is 10.2 Å². The summed E-state index contributed by atoms with van der Waals surface area (Å²) < 4.78 is 7.62. The molecule has 1 saturated heterocycles. The average Bonchev–Trinajstić information content (AvgIpc) is 3.18. The van der Waals surface area contributed by atoms with E-state index in [1.165, 1.54) is 17.3 Å². The molecule has 0 radical (unpaired) electrons. The molecule has 33 heavy (non-hydrogen) atoms. The minimum atomic E-state index is -0.168. The molecule has 0 aliphatic carbocycles. The smallest absolute Gasteiger partial charge is 0.230 e. The van der Waals surface area contributed by atoms with Gasteiger partial charge in [0.1, 0.15) is 5.82 Å². The van der Waals surface area contributed by atoms with E-state index < -0.39 is 0 Å². The Balaban J connectivity index is 1.44. The summed E-state index contributed by atoms with van der Waals surface area (Å²) in [5.41, 5.74) is 4.33. The number of rotatable bonds is 7. The molecule has 174 valence electrons. The number of benzene rings is 2. The maximum Gasteiger partial charge on any atom is 0.230 e. The fraction of sp³-hybridized carbons (Fsp3) is 0.400. The Kier molecular flexibility index (Phi) is 7.41. The normalized spacial score (nSPS) is 15.4. The Morgan fingerprint density at radius 2 is 1.94 bits per heavy atom. The van der Waals surface area contributed by atoms with Crippen molar-refractivity contribution in [3.63, 3.8) is 0 Å². The third-order valence-electron chi connectivity index (χ3n) is 6.24. The van der Waals surface area contributed by atoms with Crippen molar-refractivity contribution in [2.75, 3.05) is 25.5 Å². The molecule has 0 unspecified atom stereocenters. The molecule has 1 amide bonds. The number of hydrogen-bond acceptors (Lipinski definition) is 5. The first kappa shape index (κ1) is 23.8. The number of aryl methyl sites for hydroxylation is 3. The molecule has 4 rings (SSSR count). The summed E-state index contributed by atoms with van der Waals surface area (Å²) in [6, 6.07) is 14.2. The zero-order valence-corrected chi connectivity index (χ0v) is 20.8. The molecule has 0 bridgehead atoms. The van der Waals surface area contributed by atoms with E-state index in [1.807, 2.05) is 29.7 Å². The summed E-state index contributed by atoms with van der Waals surface area (Å²) in [7, 11) is 0. The number of carbonyl (C=O) groups excluding carboxylic acids is 1. The first-order valence-corrected chi connectivity index (χ1v) is 12.5. The molecule has 0 atom stereocenters. The Morgan fingerprint density at radius 1 is 1.15 bits per heavy atom. The van der Waals surface area contributed by atoms with Gasteiger partial charge in [-0.1, -0.05) is 47.6 Å². The molecular formula is C25H29ClN4O2S. The van der Waals surface area contributed by atoms with Crippen LogP contribution in [0.2, 0.25) is 5.02 Å². The van der Waals surface area contributed by atoms with E-state index in [2.05, 4.69) is 53.6 Å². The zero-order valence-electron chi connectivity index (χ0n) is 19.2. The molecule has 1 aliphatic heterocycles. The van der Waals surface area contributed by atoms with Gasteiger partial charge in [-0.2, -0.15) is 0 Å². The Hall–Kier alpha value is -2.35. The van der Waals surface area contributed by atoms with E-state index in [1.54, 1.807) is 0 Å². The van der Waals surface area contributed by atoms with Crippen LogP contribution < -0.4 is 5.32 Å². The van der Waals surface area contributed by atoms with Crippen LogP contribution in [0.25, 0.3) is 5.69 Å². The lowest BCUT2D eigenvalue weighted by Gasteiger charge is -2.38. The lowest BCUT2D eigenvalue weighted by molar-refractivity contribution is -0.119. The van der Waals surface area contributed by atoms with Crippen LogP contribution in [0.4, 0.5) is 0 Å². The predicted molar refractivity (Wildman–Crippen MR) is 132 cm³/mol. The monoisotopic (exact) mass is 484 g/mol. The molecule has 8 heteroatoms. The Morgan fingerprint density at radius 3 is 2.70 bits per heavy atom. The van der Waals surface area contributed by atoms with Gasteiger partial charge in [0.2, 0.25) is 5.91 Å². The van der Waals surface area contributed by atoms with Gasteiger partial charge in [0.15, 0.2) is 5.16 Å².